The fraction of sp³-hybridized carbons (Fsp3) is 0.391. The topological polar surface area (TPSA) is 90.3 Å². The standard InChI is InChI=1S/C21H27ClN2O.C2H2O4/c22-20-8-10-21(11-9-20)25-17-5-4-12-23-13-15-24(16-14-23)18-19-6-2-1-3-7-19;3-1(4)2(5)6/h1-3,6-11H,4-5,12-18H2;(H,3,4)(H,5,6). The molecule has 0 atom stereocenters. The van der Waals surface area contributed by atoms with Crippen molar-refractivity contribution in [1.82, 2.24) is 9.80 Å². The number of halogens is 1. The molecule has 0 aliphatic carbocycles. The number of nitrogens with zero attached hydrogens (tertiary/aromatic N) is 2. The average Bonchev–Trinajstić information content (AvgIpc) is 2.77. The predicted molar refractivity (Wildman–Crippen MR) is 120 cm³/mol. The fourth-order valence-corrected chi connectivity index (χ4v) is 3.30. The molecule has 0 saturated carbocycles. The van der Waals surface area contributed by atoms with Gasteiger partial charge in [-0.15, -0.1) is 0 Å². The first-order chi connectivity index (χ1) is 14.9. The Morgan fingerprint density at radius 1 is 0.839 bits per heavy atom. The highest BCUT2D eigenvalue weighted by Crippen LogP contribution is 2.16. The van der Waals surface area contributed by atoms with Crippen molar-refractivity contribution in [3.05, 3.63) is 65.2 Å². The molecule has 1 aliphatic heterocycles. The van der Waals surface area contributed by atoms with E-state index in [0.717, 1.165) is 43.4 Å². The minimum absolute atomic E-state index is 0.749. The summed E-state index contributed by atoms with van der Waals surface area (Å²) in [6.45, 7) is 7.68. The predicted octanol–water partition coefficient (Wildman–Crippen LogP) is 3.47. The van der Waals surface area contributed by atoms with Crippen molar-refractivity contribution in [1.29, 1.82) is 0 Å². The van der Waals surface area contributed by atoms with Gasteiger partial charge in [-0.05, 0) is 49.2 Å². The second-order valence-corrected chi connectivity index (χ2v) is 7.66. The zero-order chi connectivity index (χ0) is 22.5. The molecule has 2 N–H and O–H groups in total. The van der Waals surface area contributed by atoms with Crippen molar-refractivity contribution in [2.75, 3.05) is 39.3 Å². The third kappa shape index (κ3) is 10.3. The van der Waals surface area contributed by atoms with Crippen molar-refractivity contribution >= 4 is 23.5 Å². The van der Waals surface area contributed by atoms with Gasteiger partial charge in [0.2, 0.25) is 0 Å². The highest BCUT2D eigenvalue weighted by Gasteiger charge is 2.16. The van der Waals surface area contributed by atoms with Crippen molar-refractivity contribution in [3.63, 3.8) is 0 Å². The maximum absolute atomic E-state index is 9.10. The van der Waals surface area contributed by atoms with Gasteiger partial charge in [-0.1, -0.05) is 41.9 Å². The average molecular weight is 449 g/mol. The van der Waals surface area contributed by atoms with Gasteiger partial charge in [0.1, 0.15) is 5.75 Å². The van der Waals surface area contributed by atoms with E-state index in [1.165, 1.54) is 31.6 Å². The number of piperazine rings is 1. The summed E-state index contributed by atoms with van der Waals surface area (Å²) in [4.78, 5) is 23.3. The number of ether oxygens (including phenoxy) is 1. The van der Waals surface area contributed by atoms with Crippen LogP contribution < -0.4 is 4.74 Å². The molecule has 31 heavy (non-hydrogen) atoms. The first-order valence-corrected chi connectivity index (χ1v) is 10.6. The third-order valence-corrected chi connectivity index (χ3v) is 5.10. The first kappa shape index (κ1) is 24.7. The van der Waals surface area contributed by atoms with Crippen molar-refractivity contribution < 1.29 is 24.5 Å². The highest BCUT2D eigenvalue weighted by atomic mass is 35.5. The second kappa shape index (κ2) is 13.6. The third-order valence-electron chi connectivity index (χ3n) is 4.85. The molecule has 2 aromatic carbocycles. The van der Waals surface area contributed by atoms with E-state index in [9.17, 15) is 0 Å². The van der Waals surface area contributed by atoms with Gasteiger partial charge in [-0.3, -0.25) is 4.90 Å². The summed E-state index contributed by atoms with van der Waals surface area (Å²) in [5.41, 5.74) is 1.41. The number of benzene rings is 2. The molecule has 0 aromatic heterocycles. The van der Waals surface area contributed by atoms with Crippen LogP contribution in [0.4, 0.5) is 0 Å². The van der Waals surface area contributed by atoms with Crippen LogP contribution in [-0.4, -0.2) is 71.3 Å². The van der Waals surface area contributed by atoms with E-state index in [0.29, 0.717) is 0 Å². The smallest absolute Gasteiger partial charge is 0.414 e. The van der Waals surface area contributed by atoms with Crippen molar-refractivity contribution in [2.45, 2.75) is 19.4 Å². The number of hydrogen-bond acceptors (Lipinski definition) is 5. The van der Waals surface area contributed by atoms with Gasteiger partial charge in [-0.25, -0.2) is 9.59 Å². The van der Waals surface area contributed by atoms with Crippen LogP contribution in [0.25, 0.3) is 0 Å². The maximum Gasteiger partial charge on any atom is 0.414 e. The Kier molecular flexibility index (Phi) is 10.9. The van der Waals surface area contributed by atoms with Gasteiger partial charge < -0.3 is 19.8 Å². The highest BCUT2D eigenvalue weighted by molar-refractivity contribution is 6.30. The number of carboxylic acid groups (broad SMARTS) is 2. The molecular formula is C23H29ClN2O5. The van der Waals surface area contributed by atoms with Crippen LogP contribution >= 0.6 is 11.6 Å². The van der Waals surface area contributed by atoms with Gasteiger partial charge in [-0.2, -0.15) is 0 Å². The van der Waals surface area contributed by atoms with Crippen LogP contribution in [0.3, 0.4) is 0 Å². The quantitative estimate of drug-likeness (QED) is 0.472. The van der Waals surface area contributed by atoms with Crippen LogP contribution in [0.5, 0.6) is 5.75 Å². The summed E-state index contributed by atoms with van der Waals surface area (Å²) < 4.78 is 5.75. The first-order valence-electron chi connectivity index (χ1n) is 10.3. The number of carbonyl (C=O) groups is 2. The number of rotatable bonds is 8. The summed E-state index contributed by atoms with van der Waals surface area (Å²) in [6, 6.07) is 18.3. The summed E-state index contributed by atoms with van der Waals surface area (Å²) in [5.74, 6) is -2.75. The van der Waals surface area contributed by atoms with Gasteiger partial charge in [0.15, 0.2) is 0 Å². The van der Waals surface area contributed by atoms with Crippen LogP contribution in [-0.2, 0) is 16.1 Å². The van der Waals surface area contributed by atoms with E-state index >= 15 is 0 Å². The molecule has 0 amide bonds. The lowest BCUT2D eigenvalue weighted by molar-refractivity contribution is -0.159. The molecule has 7 nitrogen and oxygen atoms in total. The lowest BCUT2D eigenvalue weighted by Gasteiger charge is -2.34. The Hall–Kier alpha value is -2.61. The minimum atomic E-state index is -1.82. The van der Waals surface area contributed by atoms with E-state index in [4.69, 9.17) is 36.1 Å². The zero-order valence-corrected chi connectivity index (χ0v) is 18.2. The van der Waals surface area contributed by atoms with E-state index in [-0.39, 0.29) is 0 Å². The van der Waals surface area contributed by atoms with Crippen LogP contribution in [0.2, 0.25) is 5.02 Å². The molecule has 1 heterocycles. The van der Waals surface area contributed by atoms with Crippen molar-refractivity contribution in [3.8, 4) is 5.75 Å². The van der Waals surface area contributed by atoms with Gasteiger partial charge in [0, 0.05) is 37.7 Å². The molecule has 168 valence electrons. The Morgan fingerprint density at radius 2 is 1.42 bits per heavy atom. The molecule has 0 unspecified atom stereocenters. The van der Waals surface area contributed by atoms with Crippen molar-refractivity contribution in [2.24, 2.45) is 0 Å². The van der Waals surface area contributed by atoms with Crippen LogP contribution in [0, 0.1) is 0 Å². The Labute approximate surface area is 187 Å². The molecular weight excluding hydrogens is 420 g/mol. The zero-order valence-electron chi connectivity index (χ0n) is 17.5. The number of carboxylic acids is 2. The van der Waals surface area contributed by atoms with E-state index in [1.54, 1.807) is 0 Å². The normalized spacial score (nSPS) is 14.4. The molecule has 0 bridgehead atoms. The second-order valence-electron chi connectivity index (χ2n) is 7.22. The lowest BCUT2D eigenvalue weighted by atomic mass is 10.2. The van der Waals surface area contributed by atoms with E-state index < -0.39 is 11.9 Å². The summed E-state index contributed by atoms with van der Waals surface area (Å²) in [7, 11) is 0. The molecule has 0 radical (unpaired) electrons. The molecule has 1 fully saturated rings. The number of aliphatic carboxylic acids is 2. The minimum Gasteiger partial charge on any atom is -0.494 e. The van der Waals surface area contributed by atoms with Gasteiger partial charge >= 0.3 is 11.9 Å². The van der Waals surface area contributed by atoms with E-state index in [2.05, 4.69) is 40.1 Å². The monoisotopic (exact) mass is 448 g/mol. The summed E-state index contributed by atoms with van der Waals surface area (Å²) in [6.07, 6.45) is 2.28. The fourth-order valence-electron chi connectivity index (χ4n) is 3.17. The number of hydrogen-bond donors (Lipinski definition) is 2. The molecule has 1 aliphatic rings. The van der Waals surface area contributed by atoms with Gasteiger partial charge in [0.25, 0.3) is 0 Å². The van der Waals surface area contributed by atoms with Crippen LogP contribution in [0.1, 0.15) is 18.4 Å². The molecule has 3 rings (SSSR count). The molecule has 8 heteroatoms. The van der Waals surface area contributed by atoms with Gasteiger partial charge in [0.05, 0.1) is 6.61 Å². The maximum atomic E-state index is 9.10. The SMILES string of the molecule is Clc1ccc(OCCCCN2CCN(Cc3ccccc3)CC2)cc1.O=C(O)C(=O)O. The Balaban J connectivity index is 0.000000501. The summed E-state index contributed by atoms with van der Waals surface area (Å²) in [5, 5.41) is 15.5. The number of unbranched alkanes of at least 4 members (excludes halogenated alkanes) is 1. The Morgan fingerprint density at radius 3 is 2.00 bits per heavy atom. The molecule has 0 spiro atoms. The Bertz CT molecular complexity index is 781. The summed E-state index contributed by atoms with van der Waals surface area (Å²) >= 11 is 5.87. The van der Waals surface area contributed by atoms with E-state index in [1.807, 2.05) is 24.3 Å². The molecule has 2 aromatic rings. The largest absolute Gasteiger partial charge is 0.494 e. The molecule has 1 saturated heterocycles. The van der Waals surface area contributed by atoms with Crippen LogP contribution in [0.15, 0.2) is 54.6 Å². The lowest BCUT2D eigenvalue weighted by Crippen LogP contribution is -2.46.